The quantitative estimate of drug-likeness (QED) is 0.755. The maximum Gasteiger partial charge on any atom is 0.241 e. The number of hydrogen-bond donors (Lipinski definition) is 0. The molecule has 0 N–H and O–H groups in total. The maximum atomic E-state index is 13.3. The van der Waals surface area contributed by atoms with Crippen LogP contribution in [0.2, 0.25) is 0 Å². The Morgan fingerprint density at radius 2 is 1.87 bits per heavy atom. The van der Waals surface area contributed by atoms with Crippen molar-refractivity contribution in [1.29, 1.82) is 0 Å². The highest BCUT2D eigenvalue weighted by Crippen LogP contribution is 2.31. The van der Waals surface area contributed by atoms with Crippen LogP contribution < -0.4 is 4.74 Å². The zero-order valence-corrected chi connectivity index (χ0v) is 18.2. The number of fused-ring (bicyclic) bond motifs is 4. The Balaban J connectivity index is 1.25. The van der Waals surface area contributed by atoms with Crippen LogP contribution >= 0.6 is 0 Å². The zero-order chi connectivity index (χ0) is 21.2. The van der Waals surface area contributed by atoms with E-state index in [0.29, 0.717) is 5.91 Å². The fourth-order valence-electron chi connectivity index (χ4n) is 5.23. The molecule has 0 saturated carbocycles. The molecule has 3 atom stereocenters. The van der Waals surface area contributed by atoms with Gasteiger partial charge in [0.1, 0.15) is 17.6 Å². The molecule has 0 spiro atoms. The second-order valence-electron chi connectivity index (χ2n) is 8.81. The van der Waals surface area contributed by atoms with E-state index in [4.69, 9.17) is 9.72 Å². The van der Waals surface area contributed by atoms with Gasteiger partial charge in [-0.1, -0.05) is 12.1 Å². The highest BCUT2D eigenvalue weighted by Gasteiger charge is 2.37. The molecule has 1 aromatic heterocycles. The third kappa shape index (κ3) is 4.16. The number of hydrogen-bond acceptors (Lipinski definition) is 6. The van der Waals surface area contributed by atoms with Crippen molar-refractivity contribution >= 4 is 5.91 Å². The predicted molar refractivity (Wildman–Crippen MR) is 119 cm³/mol. The number of rotatable bonds is 4. The van der Waals surface area contributed by atoms with Gasteiger partial charge in [-0.25, -0.2) is 9.97 Å². The summed E-state index contributed by atoms with van der Waals surface area (Å²) < 4.78 is 5.50. The van der Waals surface area contributed by atoms with Crippen molar-refractivity contribution in [2.45, 2.75) is 31.2 Å². The molecule has 1 aromatic carbocycles. The van der Waals surface area contributed by atoms with E-state index in [1.54, 1.807) is 7.11 Å². The lowest BCUT2D eigenvalue weighted by molar-refractivity contribution is -0.139. The molecule has 1 amide bonds. The van der Waals surface area contributed by atoms with Gasteiger partial charge in [-0.3, -0.25) is 14.6 Å². The van der Waals surface area contributed by atoms with E-state index < -0.39 is 0 Å². The Morgan fingerprint density at radius 1 is 1.03 bits per heavy atom. The number of para-hydroxylation sites is 1. The number of amides is 1. The largest absolute Gasteiger partial charge is 0.496 e. The molecule has 0 aliphatic carbocycles. The summed E-state index contributed by atoms with van der Waals surface area (Å²) >= 11 is 0. The summed E-state index contributed by atoms with van der Waals surface area (Å²) in [6.07, 6.45) is 4.84. The van der Waals surface area contributed by atoms with Crippen molar-refractivity contribution in [3.8, 4) is 17.0 Å². The zero-order valence-electron chi connectivity index (χ0n) is 18.2. The number of aromatic nitrogens is 2. The molecular formula is C24H31N5O2. The Morgan fingerprint density at radius 3 is 2.71 bits per heavy atom. The summed E-state index contributed by atoms with van der Waals surface area (Å²) in [5, 5.41) is 0. The normalized spacial score (nSPS) is 26.5. The monoisotopic (exact) mass is 421 g/mol. The first-order valence-corrected chi connectivity index (χ1v) is 11.4. The van der Waals surface area contributed by atoms with E-state index in [9.17, 15) is 4.79 Å². The Labute approximate surface area is 184 Å². The minimum absolute atomic E-state index is 0.0397. The van der Waals surface area contributed by atoms with E-state index in [1.165, 1.54) is 6.42 Å². The molecule has 31 heavy (non-hydrogen) atoms. The van der Waals surface area contributed by atoms with Gasteiger partial charge in [0.15, 0.2) is 0 Å². The van der Waals surface area contributed by atoms with Crippen molar-refractivity contribution in [2.24, 2.45) is 0 Å². The van der Waals surface area contributed by atoms with E-state index >= 15 is 0 Å². The Hall–Kier alpha value is -2.51. The molecule has 4 aliphatic rings. The minimum atomic E-state index is 0.0397. The van der Waals surface area contributed by atoms with Crippen molar-refractivity contribution in [1.82, 2.24) is 24.7 Å². The van der Waals surface area contributed by atoms with Crippen molar-refractivity contribution in [3.05, 3.63) is 42.4 Å². The molecule has 7 nitrogen and oxygen atoms in total. The molecule has 6 rings (SSSR count). The molecule has 7 heteroatoms. The van der Waals surface area contributed by atoms with Crippen molar-refractivity contribution in [3.63, 3.8) is 0 Å². The summed E-state index contributed by atoms with van der Waals surface area (Å²) in [4.78, 5) is 29.6. The minimum Gasteiger partial charge on any atom is -0.496 e. The summed E-state index contributed by atoms with van der Waals surface area (Å²) in [5.41, 5.74) is 1.87. The number of ether oxygens (including phenoxy) is 1. The molecule has 4 saturated heterocycles. The number of carbonyl (C=O) groups is 1. The summed E-state index contributed by atoms with van der Waals surface area (Å²) in [6, 6.07) is 9.91. The van der Waals surface area contributed by atoms with Crippen LogP contribution in [0.3, 0.4) is 0 Å². The van der Waals surface area contributed by atoms with Gasteiger partial charge >= 0.3 is 0 Å². The first kappa shape index (κ1) is 20.4. The fraction of sp³-hybridized carbons (Fsp3) is 0.542. The van der Waals surface area contributed by atoms with Gasteiger partial charge in [-0.2, -0.15) is 0 Å². The molecule has 2 aromatic rings. The van der Waals surface area contributed by atoms with Gasteiger partial charge in [-0.05, 0) is 44.0 Å². The number of carbonyl (C=O) groups excluding carboxylic acids is 1. The van der Waals surface area contributed by atoms with Crippen LogP contribution in [0.15, 0.2) is 36.5 Å². The van der Waals surface area contributed by atoms with Gasteiger partial charge in [0.05, 0.1) is 12.8 Å². The second kappa shape index (κ2) is 8.93. The molecule has 0 radical (unpaired) electrons. The Bertz CT molecular complexity index is 924. The highest BCUT2D eigenvalue weighted by atomic mass is 16.5. The SMILES string of the molecule is COc1ccccc1-c1ccnc(C2CCN(C(=O)C3CN4CCCN3CC4)CC2)n1. The molecule has 5 heterocycles. The van der Waals surface area contributed by atoms with Crippen molar-refractivity contribution < 1.29 is 9.53 Å². The maximum absolute atomic E-state index is 13.3. The highest BCUT2D eigenvalue weighted by molar-refractivity contribution is 5.82. The van der Waals surface area contributed by atoms with Crippen LogP contribution in [0.25, 0.3) is 11.3 Å². The van der Waals surface area contributed by atoms with Crippen LogP contribution in [-0.2, 0) is 4.79 Å². The number of methoxy groups -OCH3 is 1. The summed E-state index contributed by atoms with van der Waals surface area (Å²) in [6.45, 7) is 6.77. The average Bonchev–Trinajstić information content (AvgIpc) is 3.20. The molecule has 4 aliphatic heterocycles. The lowest BCUT2D eigenvalue weighted by Gasteiger charge is -2.40. The smallest absolute Gasteiger partial charge is 0.241 e. The van der Waals surface area contributed by atoms with Gasteiger partial charge in [0.25, 0.3) is 0 Å². The van der Waals surface area contributed by atoms with Crippen LogP contribution in [0.1, 0.15) is 31.0 Å². The Kier molecular flexibility index (Phi) is 5.87. The third-order valence-electron chi connectivity index (χ3n) is 7.01. The molecule has 2 bridgehead atoms. The van der Waals surface area contributed by atoms with E-state index in [0.717, 1.165) is 81.5 Å². The molecule has 3 unspecified atom stereocenters. The third-order valence-corrected chi connectivity index (χ3v) is 7.01. The topological polar surface area (TPSA) is 61.8 Å². The standard InChI is InChI=1S/C24H31N5O2/c1-31-22-6-3-2-5-19(22)20-7-10-25-23(26-20)18-8-13-29(14-9-18)24(30)21-17-27-11-4-12-28(21)16-15-27/h2-3,5-7,10,18,21H,4,8-9,11-17H2,1H3. The number of benzene rings is 1. The van der Waals surface area contributed by atoms with Crippen LogP contribution in [0, 0.1) is 0 Å². The van der Waals surface area contributed by atoms with E-state index in [2.05, 4.69) is 19.7 Å². The summed E-state index contributed by atoms with van der Waals surface area (Å²) in [7, 11) is 1.68. The second-order valence-corrected chi connectivity index (χ2v) is 8.81. The molecular weight excluding hydrogens is 390 g/mol. The van der Waals surface area contributed by atoms with Gasteiger partial charge in [0.2, 0.25) is 5.91 Å². The predicted octanol–water partition coefficient (Wildman–Crippen LogP) is 2.25. The number of nitrogens with zero attached hydrogens (tertiary/aromatic N) is 5. The summed E-state index contributed by atoms with van der Waals surface area (Å²) in [5.74, 6) is 2.29. The number of piperidine rings is 1. The molecule has 164 valence electrons. The first-order chi connectivity index (χ1) is 15.2. The lowest BCUT2D eigenvalue weighted by atomic mass is 9.95. The van der Waals surface area contributed by atoms with Gasteiger partial charge in [0, 0.05) is 56.9 Å². The van der Waals surface area contributed by atoms with Gasteiger partial charge < -0.3 is 9.64 Å². The van der Waals surface area contributed by atoms with E-state index in [1.807, 2.05) is 36.5 Å². The van der Waals surface area contributed by atoms with Crippen LogP contribution in [0.4, 0.5) is 0 Å². The fourth-order valence-corrected chi connectivity index (χ4v) is 5.23. The van der Waals surface area contributed by atoms with Gasteiger partial charge in [-0.15, -0.1) is 0 Å². The van der Waals surface area contributed by atoms with E-state index in [-0.39, 0.29) is 12.0 Å². The first-order valence-electron chi connectivity index (χ1n) is 11.4. The van der Waals surface area contributed by atoms with Crippen molar-refractivity contribution in [2.75, 3.05) is 52.9 Å². The number of piperazine rings is 1. The number of likely N-dealkylation sites (tertiary alicyclic amines) is 1. The van der Waals surface area contributed by atoms with Crippen LogP contribution in [-0.4, -0.2) is 89.5 Å². The van der Waals surface area contributed by atoms with Crippen LogP contribution in [0.5, 0.6) is 5.75 Å². The lowest BCUT2D eigenvalue weighted by Crippen LogP contribution is -2.58. The molecule has 4 fully saturated rings. The average molecular weight is 422 g/mol.